The predicted molar refractivity (Wildman–Crippen MR) is 84.6 cm³/mol. The van der Waals surface area contributed by atoms with Gasteiger partial charge in [-0.15, -0.1) is 0 Å². The van der Waals surface area contributed by atoms with Gasteiger partial charge in [0.1, 0.15) is 11.4 Å². The third-order valence-electron chi connectivity index (χ3n) is 3.50. The maximum atomic E-state index is 12.5. The van der Waals surface area contributed by atoms with Crippen LogP contribution in [0, 0.1) is 0 Å². The van der Waals surface area contributed by atoms with Crippen LogP contribution in [0.25, 0.3) is 10.9 Å². The Kier molecular flexibility index (Phi) is 2.31. The molecule has 0 amide bonds. The Hall–Kier alpha value is -2.40. The van der Waals surface area contributed by atoms with E-state index in [-0.39, 0.29) is 22.9 Å². The Morgan fingerprint density at radius 1 is 1.29 bits per heavy atom. The largest absolute Gasteiger partial charge is 0.505 e. The van der Waals surface area contributed by atoms with Crippen molar-refractivity contribution in [2.75, 3.05) is 0 Å². The van der Waals surface area contributed by atoms with Crippen LogP contribution in [0.15, 0.2) is 51.9 Å². The summed E-state index contributed by atoms with van der Waals surface area (Å²) in [4.78, 5) is 19.8. The van der Waals surface area contributed by atoms with Crippen LogP contribution in [-0.4, -0.2) is 21.6 Å². The van der Waals surface area contributed by atoms with Crippen LogP contribution < -0.4 is 0 Å². The first kappa shape index (κ1) is 11.3. The quantitative estimate of drug-likeness (QED) is 0.703. The Bertz CT molecular complexity index is 991. The molecular weight excluding hydrogens is 332 g/mol. The summed E-state index contributed by atoms with van der Waals surface area (Å²) in [7, 11) is 0. The number of nitrogens with zero attached hydrogens (tertiary/aromatic N) is 1. The fourth-order valence-electron chi connectivity index (χ4n) is 2.50. The normalized spacial score (nSPS) is 14.2. The number of hydrogen-bond donors (Lipinski definition) is 2. The molecule has 0 radical (unpaired) electrons. The van der Waals surface area contributed by atoms with Crippen molar-refractivity contribution in [1.82, 2.24) is 4.98 Å². The molecule has 0 saturated heterocycles. The number of aliphatic imine (C=N–C) groups is 1. The van der Waals surface area contributed by atoms with Gasteiger partial charge in [0.25, 0.3) is 0 Å². The SMILES string of the molecule is [2H]c1ccc2c(O)c(C3=Nc4cc(Br)ccc4C3=O)[nH]c2c1. The lowest BCUT2D eigenvalue weighted by molar-refractivity contribution is 0.107. The molecule has 3 aromatic rings. The highest BCUT2D eigenvalue weighted by molar-refractivity contribution is 9.10. The Morgan fingerprint density at radius 2 is 2.14 bits per heavy atom. The highest BCUT2D eigenvalue weighted by Gasteiger charge is 2.29. The minimum Gasteiger partial charge on any atom is -0.505 e. The topological polar surface area (TPSA) is 65.5 Å². The second kappa shape index (κ2) is 4.30. The zero-order chi connectivity index (χ0) is 15.4. The zero-order valence-electron chi connectivity index (χ0n) is 11.6. The van der Waals surface area contributed by atoms with E-state index < -0.39 is 0 Å². The number of hydrogen-bond acceptors (Lipinski definition) is 3. The molecule has 1 aromatic heterocycles. The third kappa shape index (κ3) is 1.74. The molecule has 1 aliphatic heterocycles. The summed E-state index contributed by atoms with van der Waals surface area (Å²) < 4.78 is 8.47. The molecule has 0 bridgehead atoms. The molecule has 0 saturated carbocycles. The van der Waals surface area contributed by atoms with Crippen molar-refractivity contribution >= 4 is 44.0 Å². The van der Waals surface area contributed by atoms with Crippen LogP contribution in [0.2, 0.25) is 0 Å². The number of ketones is 1. The molecule has 0 fully saturated rings. The van der Waals surface area contributed by atoms with Gasteiger partial charge in [0, 0.05) is 15.4 Å². The van der Waals surface area contributed by atoms with Crippen molar-refractivity contribution in [2.24, 2.45) is 4.99 Å². The highest BCUT2D eigenvalue weighted by atomic mass is 79.9. The van der Waals surface area contributed by atoms with Crippen LogP contribution in [0.5, 0.6) is 5.75 Å². The number of H-pyrrole nitrogens is 1. The number of aromatic hydroxyl groups is 1. The molecule has 102 valence electrons. The summed E-state index contributed by atoms with van der Waals surface area (Å²) in [6.45, 7) is 0. The third-order valence-corrected chi connectivity index (χ3v) is 4.00. The molecule has 4 nitrogen and oxygen atoms in total. The van der Waals surface area contributed by atoms with E-state index in [0.717, 1.165) is 4.47 Å². The van der Waals surface area contributed by atoms with E-state index in [9.17, 15) is 9.90 Å². The van der Waals surface area contributed by atoms with Gasteiger partial charge >= 0.3 is 0 Å². The van der Waals surface area contributed by atoms with Gasteiger partial charge in [0.05, 0.1) is 12.6 Å². The summed E-state index contributed by atoms with van der Waals surface area (Å²) in [5.74, 6) is -0.246. The number of rotatable bonds is 1. The number of aromatic amines is 1. The lowest BCUT2D eigenvalue weighted by Gasteiger charge is -1.97. The highest BCUT2D eigenvalue weighted by Crippen LogP contribution is 2.35. The van der Waals surface area contributed by atoms with Gasteiger partial charge < -0.3 is 10.1 Å². The summed E-state index contributed by atoms with van der Waals surface area (Å²) in [6.07, 6.45) is 0. The zero-order valence-corrected chi connectivity index (χ0v) is 12.2. The minimum atomic E-state index is -0.226. The van der Waals surface area contributed by atoms with Gasteiger partial charge in [0.15, 0.2) is 5.75 Å². The monoisotopic (exact) mass is 341 g/mol. The van der Waals surface area contributed by atoms with E-state index in [1.54, 1.807) is 36.4 Å². The second-order valence-corrected chi connectivity index (χ2v) is 5.69. The van der Waals surface area contributed by atoms with E-state index in [1.807, 2.05) is 0 Å². The van der Waals surface area contributed by atoms with Crippen LogP contribution in [0.3, 0.4) is 0 Å². The first-order valence-corrected chi connectivity index (χ1v) is 7.08. The molecular formula is C16H9BrN2O2. The first-order chi connectivity index (χ1) is 10.5. The fraction of sp³-hybridized carbons (Fsp3) is 0. The molecule has 5 heteroatoms. The molecule has 2 N–H and O–H groups in total. The Balaban J connectivity index is 1.92. The number of fused-ring (bicyclic) bond motifs is 2. The van der Waals surface area contributed by atoms with Crippen LogP contribution in [0.4, 0.5) is 5.69 Å². The van der Waals surface area contributed by atoms with Crippen molar-refractivity contribution in [3.8, 4) is 5.75 Å². The fourth-order valence-corrected chi connectivity index (χ4v) is 2.85. The van der Waals surface area contributed by atoms with Gasteiger partial charge in [-0.1, -0.05) is 28.0 Å². The molecule has 4 rings (SSSR count). The van der Waals surface area contributed by atoms with Crippen molar-refractivity contribution in [3.05, 3.63) is 58.2 Å². The molecule has 1 aliphatic rings. The van der Waals surface area contributed by atoms with Crippen LogP contribution in [0.1, 0.15) is 17.4 Å². The van der Waals surface area contributed by atoms with Gasteiger partial charge in [-0.05, 0) is 30.3 Å². The number of Topliss-reactive ketones (excluding diaryl/α,β-unsaturated/α-hetero) is 1. The standard InChI is InChI=1S/C16H9BrN2O2/c17-8-5-6-10-12(7-8)19-14(16(10)21)13-15(20)9-3-1-2-4-11(9)18-13/h1-7,18,20H/i2D. The van der Waals surface area contributed by atoms with E-state index in [4.69, 9.17) is 1.37 Å². The molecule has 2 aromatic carbocycles. The number of benzene rings is 2. The average molecular weight is 342 g/mol. The first-order valence-electron chi connectivity index (χ1n) is 6.79. The molecule has 2 heterocycles. The van der Waals surface area contributed by atoms with E-state index in [1.165, 1.54) is 0 Å². The van der Waals surface area contributed by atoms with Crippen molar-refractivity contribution in [2.45, 2.75) is 0 Å². The summed E-state index contributed by atoms with van der Waals surface area (Å²) in [5.41, 5.74) is 2.17. The number of halogens is 1. The molecule has 0 spiro atoms. The Labute approximate surface area is 129 Å². The van der Waals surface area contributed by atoms with Gasteiger partial charge in [0.2, 0.25) is 5.78 Å². The Morgan fingerprint density at radius 3 is 3.00 bits per heavy atom. The maximum Gasteiger partial charge on any atom is 0.215 e. The lowest BCUT2D eigenvalue weighted by Crippen LogP contribution is -2.11. The molecule has 0 aliphatic carbocycles. The van der Waals surface area contributed by atoms with E-state index in [2.05, 4.69) is 25.9 Å². The number of para-hydroxylation sites is 1. The van der Waals surface area contributed by atoms with Gasteiger partial charge in [-0.25, -0.2) is 4.99 Å². The van der Waals surface area contributed by atoms with E-state index >= 15 is 0 Å². The summed E-state index contributed by atoms with van der Waals surface area (Å²) in [5, 5.41) is 10.9. The number of carbonyl (C=O) groups is 1. The lowest BCUT2D eigenvalue weighted by atomic mass is 10.1. The smallest absolute Gasteiger partial charge is 0.215 e. The maximum absolute atomic E-state index is 12.5. The second-order valence-electron chi connectivity index (χ2n) is 4.77. The van der Waals surface area contributed by atoms with Crippen LogP contribution >= 0.6 is 15.9 Å². The van der Waals surface area contributed by atoms with Crippen LogP contribution in [-0.2, 0) is 0 Å². The van der Waals surface area contributed by atoms with Gasteiger partial charge in [-0.2, -0.15) is 0 Å². The number of carbonyl (C=O) groups excluding carboxylic acids is 1. The summed E-state index contributed by atoms with van der Waals surface area (Å²) in [6, 6.07) is 10.4. The predicted octanol–water partition coefficient (Wildman–Crippen LogP) is 3.95. The van der Waals surface area contributed by atoms with Gasteiger partial charge in [-0.3, -0.25) is 4.79 Å². The summed E-state index contributed by atoms with van der Waals surface area (Å²) >= 11 is 3.35. The molecule has 0 atom stereocenters. The average Bonchev–Trinajstić information content (AvgIpc) is 2.96. The number of nitrogens with one attached hydrogen (secondary N) is 1. The van der Waals surface area contributed by atoms with E-state index in [0.29, 0.717) is 28.2 Å². The minimum absolute atomic E-state index is 0.0195. The van der Waals surface area contributed by atoms with Crippen molar-refractivity contribution in [3.63, 3.8) is 0 Å². The molecule has 21 heavy (non-hydrogen) atoms. The van der Waals surface area contributed by atoms with Crippen molar-refractivity contribution < 1.29 is 11.3 Å². The molecule has 0 unspecified atom stereocenters. The van der Waals surface area contributed by atoms with Crippen molar-refractivity contribution in [1.29, 1.82) is 0 Å². The number of aromatic nitrogens is 1.